The van der Waals surface area contributed by atoms with Crippen LogP contribution in [0.1, 0.15) is 18.8 Å². The molecule has 0 bridgehead atoms. The molecule has 0 spiro atoms. The maximum Gasteiger partial charge on any atom is 0.184 e. The first kappa shape index (κ1) is 10.6. The first-order valence-electron chi connectivity index (χ1n) is 5.03. The minimum Gasteiger partial charge on any atom is -0.496 e. The van der Waals surface area contributed by atoms with E-state index in [4.69, 9.17) is 10.5 Å². The molecular weight excluding hydrogens is 204 g/mol. The van der Waals surface area contributed by atoms with Crippen LogP contribution in [0.15, 0.2) is 24.3 Å². The Morgan fingerprint density at radius 2 is 2.12 bits per heavy atom. The van der Waals surface area contributed by atoms with Crippen LogP contribution in [0.2, 0.25) is 0 Å². The third-order valence-corrected chi connectivity index (χ3v) is 2.28. The molecule has 0 aliphatic heterocycles. The number of aromatic amines is 1. The van der Waals surface area contributed by atoms with Gasteiger partial charge < -0.3 is 10.5 Å². The summed E-state index contributed by atoms with van der Waals surface area (Å²) in [4.78, 5) is 4.32. The Balaban J connectivity index is 2.42. The lowest BCUT2D eigenvalue weighted by atomic mass is 10.2. The number of H-pyrrole nitrogens is 1. The zero-order valence-corrected chi connectivity index (χ0v) is 9.27. The number of nitrogens with two attached hydrogens (primary N) is 1. The summed E-state index contributed by atoms with van der Waals surface area (Å²) in [6, 6.07) is 7.45. The molecule has 2 rings (SSSR count). The number of aromatic nitrogens is 3. The highest BCUT2D eigenvalue weighted by Gasteiger charge is 2.12. The minimum absolute atomic E-state index is 0.157. The lowest BCUT2D eigenvalue weighted by Crippen LogP contribution is -2.06. The van der Waals surface area contributed by atoms with E-state index in [9.17, 15) is 0 Å². The van der Waals surface area contributed by atoms with E-state index in [1.165, 1.54) is 0 Å². The molecule has 1 aromatic heterocycles. The highest BCUT2D eigenvalue weighted by Crippen LogP contribution is 2.26. The number of ether oxygens (including phenoxy) is 1. The summed E-state index contributed by atoms with van der Waals surface area (Å²) in [6.07, 6.45) is 0. The summed E-state index contributed by atoms with van der Waals surface area (Å²) >= 11 is 0. The maximum absolute atomic E-state index is 5.71. The lowest BCUT2D eigenvalue weighted by Gasteiger charge is -2.03. The summed E-state index contributed by atoms with van der Waals surface area (Å²) < 4.78 is 5.24. The van der Waals surface area contributed by atoms with Crippen molar-refractivity contribution in [1.82, 2.24) is 15.2 Å². The average molecular weight is 218 g/mol. The Morgan fingerprint density at radius 1 is 1.38 bits per heavy atom. The monoisotopic (exact) mass is 218 g/mol. The van der Waals surface area contributed by atoms with Gasteiger partial charge in [0.25, 0.3) is 0 Å². The van der Waals surface area contributed by atoms with E-state index in [0.717, 1.165) is 11.3 Å². The van der Waals surface area contributed by atoms with Crippen molar-refractivity contribution in [2.45, 2.75) is 13.0 Å². The minimum atomic E-state index is -0.157. The SMILES string of the molecule is COc1ccccc1-c1n[nH]c([C@H](C)N)n1. The Kier molecular flexibility index (Phi) is 2.87. The van der Waals surface area contributed by atoms with Crippen LogP contribution < -0.4 is 10.5 Å². The van der Waals surface area contributed by atoms with Gasteiger partial charge in [-0.25, -0.2) is 4.98 Å². The molecule has 0 aliphatic carbocycles. The molecule has 1 atom stereocenters. The van der Waals surface area contributed by atoms with E-state index in [2.05, 4.69) is 15.2 Å². The molecule has 0 amide bonds. The summed E-state index contributed by atoms with van der Waals surface area (Å²) in [5.74, 6) is 2.02. The fourth-order valence-electron chi connectivity index (χ4n) is 1.43. The number of nitrogens with zero attached hydrogens (tertiary/aromatic N) is 2. The normalized spacial score (nSPS) is 12.4. The molecule has 0 unspecified atom stereocenters. The third kappa shape index (κ3) is 1.90. The number of methoxy groups -OCH3 is 1. The predicted octanol–water partition coefficient (Wildman–Crippen LogP) is 1.50. The van der Waals surface area contributed by atoms with Gasteiger partial charge in [-0.1, -0.05) is 12.1 Å². The molecule has 1 aromatic carbocycles. The van der Waals surface area contributed by atoms with E-state index in [0.29, 0.717) is 11.6 Å². The van der Waals surface area contributed by atoms with E-state index in [1.54, 1.807) is 7.11 Å². The molecule has 16 heavy (non-hydrogen) atoms. The second-order valence-corrected chi connectivity index (χ2v) is 3.53. The summed E-state index contributed by atoms with van der Waals surface area (Å²) in [7, 11) is 1.62. The quantitative estimate of drug-likeness (QED) is 0.818. The molecule has 0 saturated carbocycles. The van der Waals surface area contributed by atoms with Crippen LogP contribution in [-0.2, 0) is 0 Å². The van der Waals surface area contributed by atoms with Crippen molar-refractivity contribution in [3.05, 3.63) is 30.1 Å². The van der Waals surface area contributed by atoms with Crippen molar-refractivity contribution in [2.75, 3.05) is 7.11 Å². The largest absolute Gasteiger partial charge is 0.496 e. The van der Waals surface area contributed by atoms with Crippen LogP contribution in [-0.4, -0.2) is 22.3 Å². The average Bonchev–Trinajstić information content (AvgIpc) is 2.78. The van der Waals surface area contributed by atoms with Crippen molar-refractivity contribution in [2.24, 2.45) is 5.73 Å². The van der Waals surface area contributed by atoms with Crippen LogP contribution in [0.4, 0.5) is 0 Å². The molecule has 0 aliphatic rings. The van der Waals surface area contributed by atoms with Crippen molar-refractivity contribution in [3.8, 4) is 17.1 Å². The van der Waals surface area contributed by atoms with Gasteiger partial charge in [0.1, 0.15) is 11.6 Å². The van der Waals surface area contributed by atoms with Crippen molar-refractivity contribution in [1.29, 1.82) is 0 Å². The molecule has 5 heteroatoms. The first-order chi connectivity index (χ1) is 7.72. The van der Waals surface area contributed by atoms with Crippen molar-refractivity contribution in [3.63, 3.8) is 0 Å². The highest BCUT2D eigenvalue weighted by atomic mass is 16.5. The standard InChI is InChI=1S/C11H14N4O/c1-7(12)10-13-11(15-14-10)8-5-3-4-6-9(8)16-2/h3-7H,12H2,1-2H3,(H,13,14,15)/t7-/m0/s1. The fourth-order valence-corrected chi connectivity index (χ4v) is 1.43. The number of nitrogens with one attached hydrogen (secondary N) is 1. The Labute approximate surface area is 93.7 Å². The van der Waals surface area contributed by atoms with Gasteiger partial charge in [-0.3, -0.25) is 5.10 Å². The molecule has 0 radical (unpaired) electrons. The zero-order valence-electron chi connectivity index (χ0n) is 9.27. The lowest BCUT2D eigenvalue weighted by molar-refractivity contribution is 0.416. The molecule has 84 valence electrons. The van der Waals surface area contributed by atoms with E-state index in [-0.39, 0.29) is 6.04 Å². The number of benzene rings is 1. The summed E-state index contributed by atoms with van der Waals surface area (Å²) in [6.45, 7) is 1.85. The number of hydrogen-bond donors (Lipinski definition) is 2. The molecular formula is C11H14N4O. The van der Waals surface area contributed by atoms with Gasteiger partial charge in [-0.05, 0) is 19.1 Å². The van der Waals surface area contributed by atoms with Gasteiger partial charge in [-0.2, -0.15) is 5.10 Å². The van der Waals surface area contributed by atoms with E-state index in [1.807, 2.05) is 31.2 Å². The van der Waals surface area contributed by atoms with E-state index >= 15 is 0 Å². The topological polar surface area (TPSA) is 76.8 Å². The van der Waals surface area contributed by atoms with Gasteiger partial charge >= 0.3 is 0 Å². The maximum atomic E-state index is 5.71. The Morgan fingerprint density at radius 3 is 2.75 bits per heavy atom. The van der Waals surface area contributed by atoms with Gasteiger partial charge in [0, 0.05) is 0 Å². The Hall–Kier alpha value is -1.88. The Bertz CT molecular complexity index is 478. The zero-order chi connectivity index (χ0) is 11.5. The van der Waals surface area contributed by atoms with Crippen LogP contribution in [0.25, 0.3) is 11.4 Å². The second kappa shape index (κ2) is 4.32. The van der Waals surface area contributed by atoms with Crippen LogP contribution in [0.5, 0.6) is 5.75 Å². The number of hydrogen-bond acceptors (Lipinski definition) is 4. The van der Waals surface area contributed by atoms with Gasteiger partial charge in [0.15, 0.2) is 5.82 Å². The summed E-state index contributed by atoms with van der Waals surface area (Å²) in [5.41, 5.74) is 6.57. The van der Waals surface area contributed by atoms with Gasteiger partial charge in [0.05, 0.1) is 18.7 Å². The number of rotatable bonds is 3. The molecule has 5 nitrogen and oxygen atoms in total. The first-order valence-corrected chi connectivity index (χ1v) is 5.03. The highest BCUT2D eigenvalue weighted by molar-refractivity contribution is 5.63. The van der Waals surface area contributed by atoms with Crippen LogP contribution in [0.3, 0.4) is 0 Å². The van der Waals surface area contributed by atoms with Crippen LogP contribution in [0, 0.1) is 0 Å². The molecule has 1 heterocycles. The summed E-state index contributed by atoms with van der Waals surface area (Å²) in [5, 5.41) is 6.93. The van der Waals surface area contributed by atoms with Crippen molar-refractivity contribution < 1.29 is 4.74 Å². The predicted molar refractivity (Wildman–Crippen MR) is 61.0 cm³/mol. The number of para-hydroxylation sites is 1. The molecule has 0 saturated heterocycles. The molecule has 3 N–H and O–H groups in total. The third-order valence-electron chi connectivity index (χ3n) is 2.28. The van der Waals surface area contributed by atoms with Gasteiger partial charge in [-0.15, -0.1) is 0 Å². The van der Waals surface area contributed by atoms with Gasteiger partial charge in [0.2, 0.25) is 0 Å². The smallest absolute Gasteiger partial charge is 0.184 e. The van der Waals surface area contributed by atoms with E-state index < -0.39 is 0 Å². The van der Waals surface area contributed by atoms with Crippen LogP contribution >= 0.6 is 0 Å². The second-order valence-electron chi connectivity index (χ2n) is 3.53. The molecule has 0 fully saturated rings. The fraction of sp³-hybridized carbons (Fsp3) is 0.273. The molecule has 2 aromatic rings. The van der Waals surface area contributed by atoms with Crippen molar-refractivity contribution >= 4 is 0 Å².